The van der Waals surface area contributed by atoms with E-state index in [0.717, 1.165) is 19.4 Å². The zero-order chi connectivity index (χ0) is 12.6. The van der Waals surface area contributed by atoms with E-state index in [2.05, 4.69) is 19.2 Å². The van der Waals surface area contributed by atoms with Crippen LogP contribution in [0.3, 0.4) is 0 Å². The molecule has 1 nitrogen and oxygen atoms in total. The molecule has 0 radical (unpaired) electrons. The summed E-state index contributed by atoms with van der Waals surface area (Å²) < 4.78 is 35.7. The topological polar surface area (TPSA) is 12.0 Å². The Kier molecular flexibility index (Phi) is 8.28. The molecule has 5 heteroatoms. The summed E-state index contributed by atoms with van der Waals surface area (Å²) >= 11 is 0.0847. The van der Waals surface area contributed by atoms with Gasteiger partial charge in [-0.05, 0) is 31.7 Å². The van der Waals surface area contributed by atoms with Gasteiger partial charge in [0, 0.05) is 11.8 Å². The first kappa shape index (κ1) is 16.1. The Bertz CT molecular complexity index is 171. The van der Waals surface area contributed by atoms with Gasteiger partial charge in [-0.2, -0.15) is 13.2 Å². The molecule has 0 aromatic carbocycles. The highest BCUT2D eigenvalue weighted by Gasteiger charge is 2.27. The van der Waals surface area contributed by atoms with Crippen LogP contribution in [0, 0.1) is 5.92 Å². The maximum Gasteiger partial charge on any atom is 0.441 e. The fourth-order valence-electron chi connectivity index (χ4n) is 1.68. The highest BCUT2D eigenvalue weighted by atomic mass is 32.2. The van der Waals surface area contributed by atoms with E-state index in [1.54, 1.807) is 0 Å². The summed E-state index contributed by atoms with van der Waals surface area (Å²) in [4.78, 5) is 0. The summed E-state index contributed by atoms with van der Waals surface area (Å²) in [5, 5.41) is 3.32. The molecule has 1 N–H and O–H groups in total. The van der Waals surface area contributed by atoms with Crippen LogP contribution in [0.25, 0.3) is 0 Å². The maximum atomic E-state index is 11.9. The second kappa shape index (κ2) is 8.23. The third-order valence-corrected chi connectivity index (χ3v) is 3.03. The minimum Gasteiger partial charge on any atom is -0.314 e. The van der Waals surface area contributed by atoms with Gasteiger partial charge in [0.2, 0.25) is 0 Å². The van der Waals surface area contributed by atoms with Crippen molar-refractivity contribution >= 4 is 11.8 Å². The standard InChI is InChI=1S/C11H22F3NS/c1-4-15-10(8-9(2)3)6-5-7-16-11(12,13)14/h9-10,15H,4-8H2,1-3H3. The molecule has 0 aliphatic rings. The molecule has 1 unspecified atom stereocenters. The van der Waals surface area contributed by atoms with Gasteiger partial charge in [0.15, 0.2) is 0 Å². The molecule has 0 heterocycles. The van der Waals surface area contributed by atoms with E-state index in [0.29, 0.717) is 18.4 Å². The van der Waals surface area contributed by atoms with Crippen LogP contribution in [0.5, 0.6) is 0 Å². The Morgan fingerprint density at radius 3 is 2.31 bits per heavy atom. The molecule has 0 aromatic heterocycles. The van der Waals surface area contributed by atoms with Gasteiger partial charge in [-0.1, -0.05) is 32.5 Å². The molecule has 0 aliphatic carbocycles. The molecule has 0 aromatic rings. The molecule has 0 spiro atoms. The van der Waals surface area contributed by atoms with Crippen molar-refractivity contribution in [2.24, 2.45) is 5.92 Å². The fraction of sp³-hybridized carbons (Fsp3) is 1.00. The number of nitrogens with one attached hydrogen (secondary N) is 1. The van der Waals surface area contributed by atoms with Crippen molar-refractivity contribution in [2.75, 3.05) is 12.3 Å². The van der Waals surface area contributed by atoms with Crippen LogP contribution in [0.1, 0.15) is 40.0 Å². The molecular weight excluding hydrogens is 235 g/mol. The molecule has 0 amide bonds. The average molecular weight is 257 g/mol. The number of hydrogen-bond donors (Lipinski definition) is 1. The second-order valence-electron chi connectivity index (χ2n) is 4.32. The Labute approximate surface area is 101 Å². The summed E-state index contributed by atoms with van der Waals surface area (Å²) in [5.41, 5.74) is -4.08. The Morgan fingerprint density at radius 2 is 1.88 bits per heavy atom. The van der Waals surface area contributed by atoms with Crippen molar-refractivity contribution < 1.29 is 13.2 Å². The van der Waals surface area contributed by atoms with Crippen LogP contribution < -0.4 is 5.32 Å². The predicted molar refractivity (Wildman–Crippen MR) is 64.7 cm³/mol. The third kappa shape index (κ3) is 10.6. The van der Waals surface area contributed by atoms with Gasteiger partial charge in [0.1, 0.15) is 0 Å². The zero-order valence-corrected chi connectivity index (χ0v) is 11.0. The van der Waals surface area contributed by atoms with Crippen LogP contribution >= 0.6 is 11.8 Å². The van der Waals surface area contributed by atoms with Gasteiger partial charge in [-0.3, -0.25) is 0 Å². The predicted octanol–water partition coefficient (Wildman–Crippen LogP) is 4.04. The number of alkyl halides is 3. The summed E-state index contributed by atoms with van der Waals surface area (Å²) in [7, 11) is 0. The summed E-state index contributed by atoms with van der Waals surface area (Å²) in [6.07, 6.45) is 2.48. The second-order valence-corrected chi connectivity index (χ2v) is 5.48. The quantitative estimate of drug-likeness (QED) is 0.658. The number of halogens is 3. The monoisotopic (exact) mass is 257 g/mol. The van der Waals surface area contributed by atoms with Crippen molar-refractivity contribution in [1.82, 2.24) is 5.32 Å². The van der Waals surface area contributed by atoms with Gasteiger partial charge in [0.25, 0.3) is 0 Å². The molecule has 0 aliphatic heterocycles. The lowest BCUT2D eigenvalue weighted by Crippen LogP contribution is -2.30. The number of thioether (sulfide) groups is 1. The molecule has 0 fully saturated rings. The van der Waals surface area contributed by atoms with E-state index in [1.807, 2.05) is 6.92 Å². The highest BCUT2D eigenvalue weighted by Crippen LogP contribution is 2.30. The Hall–Kier alpha value is 0.100. The molecule has 1 atom stereocenters. The average Bonchev–Trinajstić information content (AvgIpc) is 2.10. The number of rotatable bonds is 8. The van der Waals surface area contributed by atoms with Crippen LogP contribution in [0.4, 0.5) is 13.2 Å². The molecule has 0 saturated heterocycles. The van der Waals surface area contributed by atoms with E-state index < -0.39 is 5.51 Å². The molecule has 98 valence electrons. The van der Waals surface area contributed by atoms with Crippen LogP contribution in [-0.4, -0.2) is 23.8 Å². The first-order valence-corrected chi connectivity index (χ1v) is 6.77. The third-order valence-electron chi connectivity index (χ3n) is 2.21. The summed E-state index contributed by atoms with van der Waals surface area (Å²) in [6, 6.07) is 0.360. The minimum absolute atomic E-state index is 0.0847. The van der Waals surface area contributed by atoms with E-state index in [9.17, 15) is 13.2 Å². The van der Waals surface area contributed by atoms with E-state index in [1.165, 1.54) is 0 Å². The Balaban J connectivity index is 3.67. The van der Waals surface area contributed by atoms with Gasteiger partial charge in [-0.15, -0.1) is 0 Å². The minimum atomic E-state index is -4.08. The molecule has 16 heavy (non-hydrogen) atoms. The zero-order valence-electron chi connectivity index (χ0n) is 10.2. The molecule has 0 rings (SSSR count). The van der Waals surface area contributed by atoms with E-state index in [-0.39, 0.29) is 17.5 Å². The lowest BCUT2D eigenvalue weighted by atomic mass is 10.0. The van der Waals surface area contributed by atoms with Gasteiger partial charge in [0.05, 0.1) is 0 Å². The highest BCUT2D eigenvalue weighted by molar-refractivity contribution is 8.00. The van der Waals surface area contributed by atoms with Gasteiger partial charge >= 0.3 is 5.51 Å². The van der Waals surface area contributed by atoms with E-state index >= 15 is 0 Å². The van der Waals surface area contributed by atoms with Crippen LogP contribution in [0.2, 0.25) is 0 Å². The van der Waals surface area contributed by atoms with Crippen molar-refractivity contribution in [3.63, 3.8) is 0 Å². The van der Waals surface area contributed by atoms with E-state index in [4.69, 9.17) is 0 Å². The molecule has 0 bridgehead atoms. The van der Waals surface area contributed by atoms with Gasteiger partial charge in [-0.25, -0.2) is 0 Å². The number of hydrogen-bond acceptors (Lipinski definition) is 2. The maximum absolute atomic E-state index is 11.9. The summed E-state index contributed by atoms with van der Waals surface area (Å²) in [6.45, 7) is 7.17. The summed E-state index contributed by atoms with van der Waals surface area (Å²) in [5.74, 6) is 0.753. The Morgan fingerprint density at radius 1 is 1.25 bits per heavy atom. The smallest absolute Gasteiger partial charge is 0.314 e. The first-order valence-electron chi connectivity index (χ1n) is 5.79. The fourth-order valence-corrected chi connectivity index (χ4v) is 2.22. The van der Waals surface area contributed by atoms with Crippen molar-refractivity contribution in [3.8, 4) is 0 Å². The largest absolute Gasteiger partial charge is 0.441 e. The SMILES string of the molecule is CCNC(CCCSC(F)(F)F)CC(C)C. The van der Waals surface area contributed by atoms with Crippen molar-refractivity contribution in [1.29, 1.82) is 0 Å². The normalized spacial score (nSPS) is 14.4. The molecule has 0 saturated carbocycles. The van der Waals surface area contributed by atoms with Crippen LogP contribution in [-0.2, 0) is 0 Å². The van der Waals surface area contributed by atoms with Crippen molar-refractivity contribution in [2.45, 2.75) is 51.6 Å². The molecular formula is C11H22F3NS. The lowest BCUT2D eigenvalue weighted by molar-refractivity contribution is -0.0328. The first-order chi connectivity index (χ1) is 7.35. The van der Waals surface area contributed by atoms with Gasteiger partial charge < -0.3 is 5.32 Å². The lowest BCUT2D eigenvalue weighted by Gasteiger charge is -2.19. The van der Waals surface area contributed by atoms with Crippen molar-refractivity contribution in [3.05, 3.63) is 0 Å². The van der Waals surface area contributed by atoms with Crippen LogP contribution in [0.15, 0.2) is 0 Å².